The molecule has 0 N–H and O–H groups in total. The predicted octanol–water partition coefficient (Wildman–Crippen LogP) is 1.41. The van der Waals surface area contributed by atoms with Gasteiger partial charge in [0.1, 0.15) is 18.4 Å². The van der Waals surface area contributed by atoms with E-state index in [1.54, 1.807) is 11.1 Å². The van der Waals surface area contributed by atoms with Crippen LogP contribution in [-0.4, -0.2) is 103 Å². The summed E-state index contributed by atoms with van der Waals surface area (Å²) in [4.78, 5) is 20.5. The lowest BCUT2D eigenvalue weighted by molar-refractivity contribution is -0.185. The number of nitrogens with zero attached hydrogens (tertiary/aromatic N) is 5. The van der Waals surface area contributed by atoms with Crippen molar-refractivity contribution in [3.63, 3.8) is 0 Å². The summed E-state index contributed by atoms with van der Waals surface area (Å²) in [6.45, 7) is 1.80. The van der Waals surface area contributed by atoms with Crippen molar-refractivity contribution in [3.05, 3.63) is 36.5 Å². The lowest BCUT2D eigenvalue weighted by Crippen LogP contribution is -2.66. The van der Waals surface area contributed by atoms with Crippen molar-refractivity contribution in [2.45, 2.75) is 37.1 Å². The number of benzene rings is 1. The number of piperazine rings is 1. The van der Waals surface area contributed by atoms with Crippen LogP contribution in [0.4, 0.5) is 10.1 Å². The van der Waals surface area contributed by atoms with Gasteiger partial charge in [0.25, 0.3) is 10.2 Å². The van der Waals surface area contributed by atoms with E-state index in [9.17, 15) is 13.2 Å². The second kappa shape index (κ2) is 8.65. The fraction of sp³-hybridized carbons (Fsp3) is 0.583. The summed E-state index contributed by atoms with van der Waals surface area (Å²) < 4.78 is 50.6. The van der Waals surface area contributed by atoms with E-state index in [2.05, 4.69) is 9.88 Å². The first-order valence-electron chi connectivity index (χ1n) is 12.3. The van der Waals surface area contributed by atoms with Gasteiger partial charge in [0.05, 0.1) is 12.1 Å². The van der Waals surface area contributed by atoms with Crippen LogP contribution in [0.15, 0.2) is 36.5 Å². The van der Waals surface area contributed by atoms with E-state index < -0.39 is 22.0 Å². The highest BCUT2D eigenvalue weighted by Gasteiger charge is 2.53. The van der Waals surface area contributed by atoms with Gasteiger partial charge in [-0.15, -0.1) is 0 Å². The van der Waals surface area contributed by atoms with Crippen molar-refractivity contribution >= 4 is 32.7 Å². The maximum absolute atomic E-state index is 15.5. The molecule has 188 valence electrons. The zero-order valence-electron chi connectivity index (χ0n) is 19.6. The highest BCUT2D eigenvalue weighted by atomic mass is 32.2. The molecule has 1 spiro atoms. The van der Waals surface area contributed by atoms with E-state index in [0.29, 0.717) is 26.2 Å². The number of rotatable bonds is 4. The first kappa shape index (κ1) is 23.1. The number of fused-ring (bicyclic) bond motifs is 1. The third-order valence-corrected chi connectivity index (χ3v) is 9.80. The number of anilines is 1. The number of carbonyl (C=O) groups is 1. The number of alkyl halides is 1. The van der Waals surface area contributed by atoms with Crippen molar-refractivity contribution in [1.82, 2.24) is 18.5 Å². The van der Waals surface area contributed by atoms with E-state index in [4.69, 9.17) is 4.74 Å². The summed E-state index contributed by atoms with van der Waals surface area (Å²) in [6.07, 6.45) is 2.42. The summed E-state index contributed by atoms with van der Waals surface area (Å²) in [5.41, 5.74) is 0.815. The number of piperidine rings is 1. The standard InChI is InChI=1S/C24H30FN5O4S/c25-22-15-29(9-7-24(22)17-30(19-5-6-19)23(31)16-34-24)35(32,33)28-12-10-27(11-13-28)20-4-3-18-2-1-8-26-21(18)14-20/h1-4,8,14,19,22H,5-7,9-13,15-17H2/t22-,24+/m0/s1. The highest BCUT2D eigenvalue weighted by Crippen LogP contribution is 2.38. The molecule has 0 bridgehead atoms. The Hall–Kier alpha value is -2.34. The third-order valence-electron chi connectivity index (χ3n) is 7.79. The molecule has 3 aliphatic heterocycles. The van der Waals surface area contributed by atoms with Gasteiger partial charge < -0.3 is 14.5 Å². The lowest BCUT2D eigenvalue weighted by atomic mass is 9.88. The molecule has 6 rings (SSSR count). The fourth-order valence-corrected chi connectivity index (χ4v) is 7.07. The van der Waals surface area contributed by atoms with Crippen LogP contribution >= 0.6 is 0 Å². The monoisotopic (exact) mass is 503 g/mol. The maximum Gasteiger partial charge on any atom is 0.282 e. The normalized spacial score (nSPS) is 29.3. The van der Waals surface area contributed by atoms with Crippen LogP contribution in [0.5, 0.6) is 0 Å². The molecule has 4 heterocycles. The quantitative estimate of drug-likeness (QED) is 0.627. The molecule has 9 nitrogen and oxygen atoms in total. The Morgan fingerprint density at radius 3 is 2.60 bits per heavy atom. The summed E-state index contributed by atoms with van der Waals surface area (Å²) in [5, 5.41) is 1.06. The van der Waals surface area contributed by atoms with Gasteiger partial charge in [-0.1, -0.05) is 12.1 Å². The minimum Gasteiger partial charge on any atom is -0.369 e. The largest absolute Gasteiger partial charge is 0.369 e. The Kier molecular flexibility index (Phi) is 5.70. The first-order chi connectivity index (χ1) is 16.9. The van der Waals surface area contributed by atoms with Gasteiger partial charge in [-0.05, 0) is 37.5 Å². The molecule has 1 aromatic carbocycles. The minimum absolute atomic E-state index is 0.0968. The molecule has 11 heteroatoms. The molecule has 2 atom stereocenters. The minimum atomic E-state index is -3.79. The molecule has 1 aliphatic carbocycles. The maximum atomic E-state index is 15.5. The van der Waals surface area contributed by atoms with Crippen LogP contribution in [0, 0.1) is 0 Å². The first-order valence-corrected chi connectivity index (χ1v) is 13.7. The molecule has 1 aromatic heterocycles. The number of morpholine rings is 1. The summed E-state index contributed by atoms with van der Waals surface area (Å²) in [6, 6.07) is 10.2. The molecule has 1 amide bonds. The third kappa shape index (κ3) is 4.18. The Bertz CT molecular complexity index is 1230. The van der Waals surface area contributed by atoms with E-state index in [-0.39, 0.29) is 44.6 Å². The Labute approximate surface area is 204 Å². The molecule has 35 heavy (non-hydrogen) atoms. The second-order valence-electron chi connectivity index (χ2n) is 9.96. The van der Waals surface area contributed by atoms with Crippen LogP contribution < -0.4 is 4.90 Å². The van der Waals surface area contributed by atoms with Crippen molar-refractivity contribution in [2.24, 2.45) is 0 Å². The van der Waals surface area contributed by atoms with Gasteiger partial charge in [0.15, 0.2) is 0 Å². The Balaban J connectivity index is 1.10. The molecule has 0 unspecified atom stereocenters. The average molecular weight is 504 g/mol. The number of hydrogen-bond acceptors (Lipinski definition) is 6. The van der Waals surface area contributed by atoms with Crippen LogP contribution in [-0.2, 0) is 19.7 Å². The van der Waals surface area contributed by atoms with Gasteiger partial charge in [-0.25, -0.2) is 4.39 Å². The Morgan fingerprint density at radius 1 is 1.06 bits per heavy atom. The van der Waals surface area contributed by atoms with Crippen LogP contribution in [0.3, 0.4) is 0 Å². The molecule has 2 aromatic rings. The molecule has 0 radical (unpaired) electrons. The van der Waals surface area contributed by atoms with Crippen molar-refractivity contribution in [1.29, 1.82) is 0 Å². The number of carbonyl (C=O) groups excluding carboxylic acids is 1. The summed E-state index contributed by atoms with van der Waals surface area (Å²) >= 11 is 0. The number of halogens is 1. The van der Waals surface area contributed by atoms with Crippen molar-refractivity contribution < 1.29 is 22.3 Å². The van der Waals surface area contributed by atoms with Gasteiger partial charge in [0, 0.05) is 62.6 Å². The van der Waals surface area contributed by atoms with Gasteiger partial charge in [-0.3, -0.25) is 9.78 Å². The summed E-state index contributed by atoms with van der Waals surface area (Å²) in [5.74, 6) is -0.0968. The van der Waals surface area contributed by atoms with Crippen molar-refractivity contribution in [2.75, 3.05) is 57.3 Å². The van der Waals surface area contributed by atoms with E-state index in [1.807, 2.05) is 30.3 Å². The number of aromatic nitrogens is 1. The van der Waals surface area contributed by atoms with Crippen LogP contribution in [0.25, 0.3) is 10.9 Å². The smallest absolute Gasteiger partial charge is 0.282 e. The lowest BCUT2D eigenvalue weighted by Gasteiger charge is -2.49. The van der Waals surface area contributed by atoms with Crippen LogP contribution in [0.2, 0.25) is 0 Å². The molecule has 4 aliphatic rings. The van der Waals surface area contributed by atoms with E-state index >= 15 is 4.39 Å². The molecule has 4 fully saturated rings. The highest BCUT2D eigenvalue weighted by molar-refractivity contribution is 7.86. The van der Waals surface area contributed by atoms with Gasteiger partial charge >= 0.3 is 0 Å². The van der Waals surface area contributed by atoms with Gasteiger partial charge in [0.2, 0.25) is 5.91 Å². The number of amides is 1. The zero-order chi connectivity index (χ0) is 24.2. The second-order valence-corrected chi connectivity index (χ2v) is 11.9. The Morgan fingerprint density at radius 2 is 1.86 bits per heavy atom. The van der Waals surface area contributed by atoms with Crippen molar-refractivity contribution in [3.8, 4) is 0 Å². The average Bonchev–Trinajstić information content (AvgIpc) is 3.72. The molecular weight excluding hydrogens is 473 g/mol. The van der Waals surface area contributed by atoms with Gasteiger partial charge in [-0.2, -0.15) is 17.0 Å². The molecule has 3 saturated heterocycles. The number of hydrogen-bond donors (Lipinski definition) is 0. The molecule has 1 saturated carbocycles. The topological polar surface area (TPSA) is 86.3 Å². The number of ether oxygens (including phenoxy) is 1. The predicted molar refractivity (Wildman–Crippen MR) is 129 cm³/mol. The van der Waals surface area contributed by atoms with Crippen LogP contribution in [0.1, 0.15) is 19.3 Å². The SMILES string of the molecule is O=C1CO[C@]2(CCN(S(=O)(=O)N3CCN(c4ccc5cccnc5c4)CC3)C[C@@H]2F)CN1C1CC1. The number of pyridine rings is 1. The molecular formula is C24H30FN5O4S. The van der Waals surface area contributed by atoms with E-state index in [1.165, 1.54) is 8.61 Å². The van der Waals surface area contributed by atoms with E-state index in [0.717, 1.165) is 29.4 Å². The fourth-order valence-electron chi connectivity index (χ4n) is 5.48. The summed E-state index contributed by atoms with van der Waals surface area (Å²) in [7, 11) is -3.79. The zero-order valence-corrected chi connectivity index (χ0v) is 20.4.